The molecular weight excluding hydrogens is 933 g/mol. The Bertz CT molecular complexity index is 1430. The third-order valence-electron chi connectivity index (χ3n) is 13.5. The summed E-state index contributed by atoms with van der Waals surface area (Å²) in [6.07, 6.45) is 54.3. The number of hydrogen-bond donors (Lipinski definition) is 4. The standard InChI is InChI=1S/C59H108O12S/c1-3-5-7-9-11-13-15-17-19-21-23-25-26-27-28-29-30-32-34-36-38-40-42-44-46-48-55(61)69-53(52-68-59-57(63)58(71-72(64,65)66)56(62)54(50-60)70-59)51-67-49-47-45-43-41-39-37-35-33-31-24-22-20-18-16-14-12-10-8-6-4-2/h5,7,11,13,17,19,23,25,53-54,56-60,62-63H,3-4,6,8-10,12,14-16,18,20-22,24,26-52H2,1-2H3,(H,64,65,66)/b7-5-,13-11-,19-17-,25-23-. The van der Waals surface area contributed by atoms with Gasteiger partial charge in [-0.15, -0.1) is 0 Å². The first kappa shape index (κ1) is 68.1. The third kappa shape index (κ3) is 42.3. The fraction of sp³-hybridized carbons (Fsp3) is 0.847. The highest BCUT2D eigenvalue weighted by molar-refractivity contribution is 7.80. The zero-order chi connectivity index (χ0) is 52.4. The van der Waals surface area contributed by atoms with Crippen molar-refractivity contribution in [3.05, 3.63) is 48.6 Å². The molecule has 72 heavy (non-hydrogen) atoms. The lowest BCUT2D eigenvalue weighted by Crippen LogP contribution is -2.60. The maximum absolute atomic E-state index is 13.0. The van der Waals surface area contributed by atoms with E-state index in [2.05, 4.69) is 66.6 Å². The van der Waals surface area contributed by atoms with E-state index in [9.17, 15) is 33.1 Å². The van der Waals surface area contributed by atoms with Crippen molar-refractivity contribution in [1.82, 2.24) is 0 Å². The lowest BCUT2D eigenvalue weighted by molar-refractivity contribution is -0.301. The van der Waals surface area contributed by atoms with Crippen LogP contribution in [0.3, 0.4) is 0 Å². The first-order chi connectivity index (χ1) is 35.1. The van der Waals surface area contributed by atoms with Crippen molar-refractivity contribution >= 4 is 16.4 Å². The number of unbranched alkanes of at least 4 members (excludes halogenated alkanes) is 31. The first-order valence-corrected chi connectivity index (χ1v) is 30.8. The van der Waals surface area contributed by atoms with Crippen LogP contribution in [0.5, 0.6) is 0 Å². The van der Waals surface area contributed by atoms with Crippen molar-refractivity contribution in [2.24, 2.45) is 0 Å². The summed E-state index contributed by atoms with van der Waals surface area (Å²) in [5, 5.41) is 30.9. The van der Waals surface area contributed by atoms with Gasteiger partial charge in [0.2, 0.25) is 0 Å². The van der Waals surface area contributed by atoms with E-state index < -0.39 is 59.8 Å². The molecule has 12 nitrogen and oxygen atoms in total. The van der Waals surface area contributed by atoms with Gasteiger partial charge in [-0.1, -0.05) is 249 Å². The Morgan fingerprint density at radius 2 is 0.958 bits per heavy atom. The summed E-state index contributed by atoms with van der Waals surface area (Å²) >= 11 is 0. The van der Waals surface area contributed by atoms with E-state index in [4.69, 9.17) is 18.9 Å². The van der Waals surface area contributed by atoms with Crippen molar-refractivity contribution in [3.63, 3.8) is 0 Å². The van der Waals surface area contributed by atoms with Crippen molar-refractivity contribution in [2.75, 3.05) is 26.4 Å². The van der Waals surface area contributed by atoms with Crippen LogP contribution in [0.2, 0.25) is 0 Å². The van der Waals surface area contributed by atoms with Crippen molar-refractivity contribution in [3.8, 4) is 0 Å². The zero-order valence-electron chi connectivity index (χ0n) is 45.7. The zero-order valence-corrected chi connectivity index (χ0v) is 46.6. The molecule has 1 aliphatic heterocycles. The van der Waals surface area contributed by atoms with Crippen molar-refractivity contribution in [2.45, 2.75) is 295 Å². The Labute approximate surface area is 440 Å². The van der Waals surface area contributed by atoms with Crippen LogP contribution < -0.4 is 0 Å². The average molecular weight is 1040 g/mol. The van der Waals surface area contributed by atoms with Gasteiger partial charge in [0.1, 0.15) is 30.5 Å². The molecule has 0 spiro atoms. The van der Waals surface area contributed by atoms with E-state index in [-0.39, 0.29) is 19.6 Å². The molecule has 0 aliphatic carbocycles. The van der Waals surface area contributed by atoms with Gasteiger partial charge >= 0.3 is 16.4 Å². The molecule has 1 fully saturated rings. The summed E-state index contributed by atoms with van der Waals surface area (Å²) in [6, 6.07) is 0. The molecule has 13 heteroatoms. The summed E-state index contributed by atoms with van der Waals surface area (Å²) in [5.74, 6) is -0.397. The quantitative estimate of drug-likeness (QED) is 0.0196. The van der Waals surface area contributed by atoms with Gasteiger partial charge < -0.3 is 34.3 Å². The molecule has 0 radical (unpaired) electrons. The van der Waals surface area contributed by atoms with Gasteiger partial charge in [-0.05, 0) is 51.4 Å². The van der Waals surface area contributed by atoms with Gasteiger partial charge in [0.25, 0.3) is 0 Å². The number of aliphatic hydroxyl groups excluding tert-OH is 3. The summed E-state index contributed by atoms with van der Waals surface area (Å²) in [4.78, 5) is 13.0. The number of aliphatic hydroxyl groups is 3. The first-order valence-electron chi connectivity index (χ1n) is 29.4. The van der Waals surface area contributed by atoms with E-state index in [0.717, 1.165) is 64.2 Å². The maximum Gasteiger partial charge on any atom is 0.397 e. The molecule has 6 unspecified atom stereocenters. The highest BCUT2D eigenvalue weighted by Crippen LogP contribution is 2.26. The third-order valence-corrected chi connectivity index (χ3v) is 13.9. The number of esters is 1. The van der Waals surface area contributed by atoms with Crippen LogP contribution in [-0.2, 0) is 38.3 Å². The largest absolute Gasteiger partial charge is 0.457 e. The summed E-state index contributed by atoms with van der Waals surface area (Å²) in [5.41, 5.74) is 0. The summed E-state index contributed by atoms with van der Waals surface area (Å²) in [7, 11) is -5.07. The van der Waals surface area contributed by atoms with Crippen LogP contribution in [0.25, 0.3) is 0 Å². The normalized spacial score (nSPS) is 19.2. The smallest absolute Gasteiger partial charge is 0.397 e. The molecule has 0 bridgehead atoms. The number of ether oxygens (including phenoxy) is 4. The topological polar surface area (TPSA) is 178 Å². The fourth-order valence-corrected chi connectivity index (χ4v) is 9.59. The lowest BCUT2D eigenvalue weighted by atomic mass is 9.99. The second-order valence-corrected chi connectivity index (χ2v) is 21.3. The number of hydrogen-bond acceptors (Lipinski definition) is 11. The molecule has 422 valence electrons. The van der Waals surface area contributed by atoms with Gasteiger partial charge in [-0.3, -0.25) is 9.35 Å². The predicted molar refractivity (Wildman–Crippen MR) is 294 cm³/mol. The van der Waals surface area contributed by atoms with Crippen molar-refractivity contribution < 1.29 is 56.2 Å². The Morgan fingerprint density at radius 1 is 0.542 bits per heavy atom. The number of rotatable bonds is 52. The predicted octanol–water partition coefficient (Wildman–Crippen LogP) is 14.6. The number of allylic oxidation sites excluding steroid dienone is 8. The van der Waals surface area contributed by atoms with E-state index in [1.807, 2.05) is 0 Å². The van der Waals surface area contributed by atoms with Gasteiger partial charge in [0, 0.05) is 13.0 Å². The molecule has 0 aromatic carbocycles. The molecule has 0 amide bonds. The summed E-state index contributed by atoms with van der Waals surface area (Å²) in [6.45, 7) is 3.93. The molecule has 1 saturated heterocycles. The van der Waals surface area contributed by atoms with E-state index in [1.54, 1.807) is 0 Å². The van der Waals surface area contributed by atoms with Crippen LogP contribution in [0, 0.1) is 0 Å². The van der Waals surface area contributed by atoms with Crippen LogP contribution in [0.1, 0.15) is 258 Å². The molecule has 0 aromatic heterocycles. The Kier molecular flexibility index (Phi) is 47.2. The number of carbonyl (C=O) groups excluding carboxylic acids is 1. The minimum absolute atomic E-state index is 0.0384. The lowest BCUT2D eigenvalue weighted by Gasteiger charge is -2.41. The molecule has 1 heterocycles. The Balaban J connectivity index is 2.28. The molecule has 0 aromatic rings. The van der Waals surface area contributed by atoms with Crippen LogP contribution in [0.4, 0.5) is 0 Å². The summed E-state index contributed by atoms with van der Waals surface area (Å²) < 4.78 is 59.5. The van der Waals surface area contributed by atoms with E-state index in [1.165, 1.54) is 167 Å². The number of carbonyl (C=O) groups is 1. The van der Waals surface area contributed by atoms with E-state index in [0.29, 0.717) is 13.0 Å². The Morgan fingerprint density at radius 3 is 1.40 bits per heavy atom. The van der Waals surface area contributed by atoms with Gasteiger partial charge in [0.15, 0.2) is 6.29 Å². The minimum Gasteiger partial charge on any atom is -0.457 e. The molecule has 0 saturated carbocycles. The SMILES string of the molecule is CC/C=C\C/C=C\C/C=C\C/C=C\CCCCCCCCCCCCCCC(=O)OC(COCCCCCCCCCCCCCCCCCCCCCC)COC1OC(CO)C(O)C(OS(=O)(=O)O)C1O. The van der Waals surface area contributed by atoms with Crippen LogP contribution in [-0.4, -0.2) is 97.5 Å². The highest BCUT2D eigenvalue weighted by Gasteiger charge is 2.48. The second kappa shape index (κ2) is 49.9. The molecular formula is C59H108O12S. The highest BCUT2D eigenvalue weighted by atomic mass is 32.3. The molecule has 4 N–H and O–H groups in total. The van der Waals surface area contributed by atoms with Gasteiger partial charge in [-0.2, -0.15) is 8.42 Å². The van der Waals surface area contributed by atoms with Gasteiger partial charge in [-0.25, -0.2) is 4.18 Å². The maximum atomic E-state index is 13.0. The van der Waals surface area contributed by atoms with Crippen LogP contribution >= 0.6 is 0 Å². The van der Waals surface area contributed by atoms with Gasteiger partial charge in [0.05, 0.1) is 19.8 Å². The molecule has 1 aliphatic rings. The minimum atomic E-state index is -5.07. The fourth-order valence-electron chi connectivity index (χ4n) is 9.08. The van der Waals surface area contributed by atoms with Crippen LogP contribution in [0.15, 0.2) is 48.6 Å². The molecule has 6 atom stereocenters. The van der Waals surface area contributed by atoms with E-state index >= 15 is 0 Å². The Hall–Kier alpha value is -1.94. The second-order valence-electron chi connectivity index (χ2n) is 20.2. The van der Waals surface area contributed by atoms with Crippen molar-refractivity contribution in [1.29, 1.82) is 0 Å². The average Bonchev–Trinajstić information content (AvgIpc) is 3.36. The molecule has 1 rings (SSSR count). The monoisotopic (exact) mass is 1040 g/mol.